The summed E-state index contributed by atoms with van der Waals surface area (Å²) in [5.41, 5.74) is 0.982. The highest BCUT2D eigenvalue weighted by atomic mass is 35.5. The average Bonchev–Trinajstić information content (AvgIpc) is 2.38. The Hall–Kier alpha value is -2.27. The maximum Gasteiger partial charge on any atom is 0.323 e. The van der Waals surface area contributed by atoms with E-state index in [1.54, 1.807) is 12.1 Å². The summed E-state index contributed by atoms with van der Waals surface area (Å²) in [4.78, 5) is 11.8. The van der Waals surface area contributed by atoms with Crippen LogP contribution in [0.5, 0.6) is 5.75 Å². The smallest absolute Gasteiger partial charge is 0.323 e. The molecule has 0 heterocycles. The number of anilines is 2. The number of para-hydroxylation sites is 1. The minimum Gasteiger partial charge on any atom is -0.506 e. The first-order valence-corrected chi connectivity index (χ1v) is 6.17. The number of aromatic hydroxyl groups is 1. The normalized spacial score (nSPS) is 10.2. The molecule has 0 fully saturated rings. The molecule has 2 aromatic carbocycles. The van der Waals surface area contributed by atoms with Gasteiger partial charge in [0, 0.05) is 0 Å². The predicted octanol–water partition coefficient (Wildman–Crippen LogP) is 4.14. The van der Waals surface area contributed by atoms with Gasteiger partial charge in [0.15, 0.2) is 0 Å². The number of urea groups is 1. The maximum atomic E-state index is 13.5. The molecule has 0 spiro atoms. The third kappa shape index (κ3) is 3.19. The minimum atomic E-state index is -0.696. The number of amides is 2. The number of hydrogen-bond donors (Lipinski definition) is 3. The van der Waals surface area contributed by atoms with E-state index in [-0.39, 0.29) is 22.1 Å². The summed E-state index contributed by atoms with van der Waals surface area (Å²) in [7, 11) is 0. The summed E-state index contributed by atoms with van der Waals surface area (Å²) in [6, 6.07) is 8.15. The molecule has 0 aliphatic heterocycles. The van der Waals surface area contributed by atoms with Crippen LogP contribution in [0.2, 0.25) is 5.02 Å². The van der Waals surface area contributed by atoms with Crippen LogP contribution < -0.4 is 10.6 Å². The Kier molecular flexibility index (Phi) is 4.10. The van der Waals surface area contributed by atoms with Gasteiger partial charge in [-0.05, 0) is 36.8 Å². The highest BCUT2D eigenvalue weighted by molar-refractivity contribution is 6.33. The molecule has 0 saturated carbocycles. The molecule has 2 amide bonds. The van der Waals surface area contributed by atoms with Gasteiger partial charge in [0.1, 0.15) is 11.6 Å². The van der Waals surface area contributed by atoms with Crippen LogP contribution in [0.1, 0.15) is 5.56 Å². The molecule has 2 rings (SSSR count). The third-order valence-corrected chi connectivity index (χ3v) is 2.92. The first-order valence-electron chi connectivity index (χ1n) is 5.79. The lowest BCUT2D eigenvalue weighted by atomic mass is 10.2. The van der Waals surface area contributed by atoms with E-state index in [0.717, 1.165) is 5.56 Å². The molecule has 4 nitrogen and oxygen atoms in total. The summed E-state index contributed by atoms with van der Waals surface area (Å²) in [5.74, 6) is -0.716. The summed E-state index contributed by atoms with van der Waals surface area (Å²) >= 11 is 5.80. The molecular formula is C14H12ClFN2O2. The molecule has 0 atom stereocenters. The van der Waals surface area contributed by atoms with Gasteiger partial charge in [-0.25, -0.2) is 9.18 Å². The Morgan fingerprint density at radius 1 is 1.25 bits per heavy atom. The van der Waals surface area contributed by atoms with Crippen molar-refractivity contribution in [2.45, 2.75) is 6.92 Å². The molecule has 0 aromatic heterocycles. The Morgan fingerprint density at radius 2 is 2.00 bits per heavy atom. The number of benzene rings is 2. The highest BCUT2D eigenvalue weighted by Gasteiger charge is 2.12. The largest absolute Gasteiger partial charge is 0.506 e. The van der Waals surface area contributed by atoms with Crippen molar-refractivity contribution in [2.75, 3.05) is 10.6 Å². The second-order valence-electron chi connectivity index (χ2n) is 4.20. The Labute approximate surface area is 120 Å². The fourth-order valence-electron chi connectivity index (χ4n) is 1.63. The molecule has 3 N–H and O–H groups in total. The standard InChI is InChI=1S/C14H12ClFN2O2/c1-8-5-6-12(19)11(7-8)17-14(20)18-13-9(15)3-2-4-10(13)16/h2-7,19H,1H3,(H2,17,18,20). The molecule has 0 unspecified atom stereocenters. The van der Waals surface area contributed by atoms with Crippen molar-refractivity contribution < 1.29 is 14.3 Å². The van der Waals surface area contributed by atoms with Crippen LogP contribution in [0.25, 0.3) is 0 Å². The zero-order valence-corrected chi connectivity index (χ0v) is 11.3. The molecule has 0 saturated heterocycles. The molecule has 2 aromatic rings. The number of carbonyl (C=O) groups is 1. The van der Waals surface area contributed by atoms with E-state index >= 15 is 0 Å². The number of phenols is 1. The highest BCUT2D eigenvalue weighted by Crippen LogP contribution is 2.26. The van der Waals surface area contributed by atoms with Crippen LogP contribution in [0.15, 0.2) is 36.4 Å². The van der Waals surface area contributed by atoms with Crippen molar-refractivity contribution in [1.82, 2.24) is 0 Å². The Bertz CT molecular complexity index is 641. The van der Waals surface area contributed by atoms with Gasteiger partial charge in [0.25, 0.3) is 0 Å². The number of halogens is 2. The molecule has 104 valence electrons. The van der Waals surface area contributed by atoms with E-state index in [4.69, 9.17) is 11.6 Å². The lowest BCUT2D eigenvalue weighted by molar-refractivity contribution is 0.262. The van der Waals surface area contributed by atoms with Gasteiger partial charge in [0.2, 0.25) is 0 Å². The molecular weight excluding hydrogens is 283 g/mol. The number of nitrogens with one attached hydrogen (secondary N) is 2. The predicted molar refractivity (Wildman–Crippen MR) is 76.9 cm³/mol. The maximum absolute atomic E-state index is 13.5. The van der Waals surface area contributed by atoms with Crippen LogP contribution in [-0.4, -0.2) is 11.1 Å². The van der Waals surface area contributed by atoms with Crippen molar-refractivity contribution in [3.8, 4) is 5.75 Å². The zero-order valence-electron chi connectivity index (χ0n) is 10.6. The second kappa shape index (κ2) is 5.79. The van der Waals surface area contributed by atoms with E-state index in [1.807, 2.05) is 6.92 Å². The number of aryl methyl sites for hydroxylation is 1. The van der Waals surface area contributed by atoms with E-state index < -0.39 is 11.8 Å². The van der Waals surface area contributed by atoms with Crippen LogP contribution in [0.3, 0.4) is 0 Å². The first kappa shape index (κ1) is 14.1. The summed E-state index contributed by atoms with van der Waals surface area (Å²) in [5, 5.41) is 14.4. The van der Waals surface area contributed by atoms with Gasteiger partial charge in [0.05, 0.1) is 16.4 Å². The molecule has 20 heavy (non-hydrogen) atoms. The fraction of sp³-hybridized carbons (Fsp3) is 0.0714. The summed E-state index contributed by atoms with van der Waals surface area (Å²) in [6.45, 7) is 1.82. The molecule has 0 aliphatic rings. The number of phenolic OH excluding ortho intramolecular Hbond substituents is 1. The van der Waals surface area contributed by atoms with Gasteiger partial charge in [-0.2, -0.15) is 0 Å². The second-order valence-corrected chi connectivity index (χ2v) is 4.60. The lowest BCUT2D eigenvalue weighted by Gasteiger charge is -2.11. The topological polar surface area (TPSA) is 61.4 Å². The quantitative estimate of drug-likeness (QED) is 0.729. The monoisotopic (exact) mass is 294 g/mol. The van der Waals surface area contributed by atoms with Crippen LogP contribution >= 0.6 is 11.6 Å². The van der Waals surface area contributed by atoms with Gasteiger partial charge in [-0.15, -0.1) is 0 Å². The van der Waals surface area contributed by atoms with Gasteiger partial charge in [-0.1, -0.05) is 23.7 Å². The Morgan fingerprint density at radius 3 is 2.70 bits per heavy atom. The Balaban J connectivity index is 2.15. The van der Waals surface area contributed by atoms with Crippen molar-refractivity contribution in [3.63, 3.8) is 0 Å². The number of hydrogen-bond acceptors (Lipinski definition) is 2. The van der Waals surface area contributed by atoms with E-state index in [0.29, 0.717) is 0 Å². The lowest BCUT2D eigenvalue weighted by Crippen LogP contribution is -2.20. The summed E-state index contributed by atoms with van der Waals surface area (Å²) in [6.07, 6.45) is 0. The van der Waals surface area contributed by atoms with Crippen LogP contribution in [0, 0.1) is 12.7 Å². The van der Waals surface area contributed by atoms with E-state index in [9.17, 15) is 14.3 Å². The summed E-state index contributed by atoms with van der Waals surface area (Å²) < 4.78 is 13.5. The number of carbonyl (C=O) groups excluding carboxylic acids is 1. The van der Waals surface area contributed by atoms with Crippen LogP contribution in [0.4, 0.5) is 20.6 Å². The SMILES string of the molecule is Cc1ccc(O)c(NC(=O)Nc2c(F)cccc2Cl)c1. The van der Waals surface area contributed by atoms with E-state index in [1.165, 1.54) is 24.3 Å². The van der Waals surface area contributed by atoms with Gasteiger partial charge >= 0.3 is 6.03 Å². The molecule has 0 aliphatic carbocycles. The molecule has 6 heteroatoms. The molecule has 0 radical (unpaired) electrons. The van der Waals surface area contributed by atoms with Gasteiger partial charge in [-0.3, -0.25) is 0 Å². The third-order valence-electron chi connectivity index (χ3n) is 2.60. The van der Waals surface area contributed by atoms with Crippen LogP contribution in [-0.2, 0) is 0 Å². The fourth-order valence-corrected chi connectivity index (χ4v) is 1.84. The average molecular weight is 295 g/mol. The van der Waals surface area contributed by atoms with E-state index in [2.05, 4.69) is 10.6 Å². The molecule has 0 bridgehead atoms. The van der Waals surface area contributed by atoms with Gasteiger partial charge < -0.3 is 15.7 Å². The first-order chi connectivity index (χ1) is 9.47. The zero-order chi connectivity index (χ0) is 14.7. The minimum absolute atomic E-state index is 0.0784. The van der Waals surface area contributed by atoms with Crippen molar-refractivity contribution in [3.05, 3.63) is 52.8 Å². The van der Waals surface area contributed by atoms with Crippen molar-refractivity contribution in [2.24, 2.45) is 0 Å². The number of rotatable bonds is 2. The van der Waals surface area contributed by atoms with Crippen molar-refractivity contribution in [1.29, 1.82) is 0 Å². The van der Waals surface area contributed by atoms with Crippen molar-refractivity contribution >= 4 is 29.0 Å².